The molecule has 4 rings (SSSR count). The summed E-state index contributed by atoms with van der Waals surface area (Å²) in [4.78, 5) is 30.2. The third-order valence-electron chi connectivity index (χ3n) is 4.69. The molecule has 136 valence electrons. The van der Waals surface area contributed by atoms with Gasteiger partial charge in [-0.1, -0.05) is 23.7 Å². The molecule has 0 radical (unpaired) electrons. The molecule has 0 unspecified atom stereocenters. The van der Waals surface area contributed by atoms with Gasteiger partial charge in [-0.25, -0.2) is 4.98 Å². The second-order valence-electron chi connectivity index (χ2n) is 6.55. The molecule has 4 aromatic rings. The summed E-state index contributed by atoms with van der Waals surface area (Å²) in [7, 11) is 1.72. The van der Waals surface area contributed by atoms with Gasteiger partial charge in [0.2, 0.25) is 0 Å². The fourth-order valence-corrected chi connectivity index (χ4v) is 3.29. The molecule has 1 aromatic carbocycles. The number of carbonyl (C=O) groups excluding carboxylic acids is 1. The van der Waals surface area contributed by atoms with Gasteiger partial charge in [0.05, 0.1) is 5.39 Å². The fourth-order valence-electron chi connectivity index (χ4n) is 3.11. The molecule has 0 saturated heterocycles. The van der Waals surface area contributed by atoms with Crippen molar-refractivity contribution in [2.45, 2.75) is 13.8 Å². The summed E-state index contributed by atoms with van der Waals surface area (Å²) in [6.45, 7) is 3.79. The van der Waals surface area contributed by atoms with E-state index in [-0.39, 0.29) is 11.5 Å². The first kappa shape index (κ1) is 17.3. The van der Waals surface area contributed by atoms with Crippen LogP contribution < -0.4 is 10.9 Å². The fraction of sp³-hybridized carbons (Fsp3) is 0.150. The maximum absolute atomic E-state index is 12.8. The van der Waals surface area contributed by atoms with E-state index in [0.29, 0.717) is 33.1 Å². The van der Waals surface area contributed by atoms with E-state index in [1.54, 1.807) is 42.1 Å². The average Bonchev–Trinajstić information content (AvgIpc) is 2.97. The Labute approximate surface area is 160 Å². The van der Waals surface area contributed by atoms with Crippen LogP contribution in [0.5, 0.6) is 0 Å². The molecule has 0 aliphatic rings. The lowest BCUT2D eigenvalue weighted by atomic mass is 10.2. The summed E-state index contributed by atoms with van der Waals surface area (Å²) < 4.78 is 3.13. The number of carbonyl (C=O) groups is 1. The highest BCUT2D eigenvalue weighted by atomic mass is 35.5. The van der Waals surface area contributed by atoms with Gasteiger partial charge >= 0.3 is 0 Å². The number of nitrogens with zero attached hydrogens (tertiary/aromatic N) is 3. The molecule has 7 heteroatoms. The van der Waals surface area contributed by atoms with E-state index in [2.05, 4.69) is 10.3 Å². The van der Waals surface area contributed by atoms with Gasteiger partial charge in [-0.2, -0.15) is 0 Å². The van der Waals surface area contributed by atoms with Crippen molar-refractivity contribution in [3.63, 3.8) is 0 Å². The molecular formula is C20H17ClN4O2. The van der Waals surface area contributed by atoms with Gasteiger partial charge in [0, 0.05) is 24.0 Å². The number of fused-ring (bicyclic) bond motifs is 2. The number of rotatable bonds is 2. The van der Waals surface area contributed by atoms with Gasteiger partial charge in [0.15, 0.2) is 0 Å². The Morgan fingerprint density at radius 3 is 2.63 bits per heavy atom. The summed E-state index contributed by atoms with van der Waals surface area (Å²) in [5.41, 5.74) is 3.60. The first-order valence-corrected chi connectivity index (χ1v) is 8.79. The Kier molecular flexibility index (Phi) is 4.00. The largest absolute Gasteiger partial charge is 0.324 e. The molecule has 0 bridgehead atoms. The quantitative estimate of drug-likeness (QED) is 0.576. The van der Waals surface area contributed by atoms with Crippen LogP contribution >= 0.6 is 11.6 Å². The van der Waals surface area contributed by atoms with Gasteiger partial charge in [0.1, 0.15) is 17.0 Å². The van der Waals surface area contributed by atoms with E-state index in [4.69, 9.17) is 11.6 Å². The number of benzene rings is 1. The van der Waals surface area contributed by atoms with Gasteiger partial charge in [0.25, 0.3) is 11.5 Å². The predicted octanol–water partition coefficient (Wildman–Crippen LogP) is 3.71. The van der Waals surface area contributed by atoms with E-state index in [1.165, 1.54) is 4.40 Å². The van der Waals surface area contributed by atoms with Crippen molar-refractivity contribution in [2.24, 2.45) is 7.05 Å². The zero-order valence-corrected chi connectivity index (χ0v) is 15.8. The van der Waals surface area contributed by atoms with Crippen molar-refractivity contribution in [1.82, 2.24) is 14.0 Å². The van der Waals surface area contributed by atoms with Crippen LogP contribution in [0.3, 0.4) is 0 Å². The first-order valence-electron chi connectivity index (χ1n) is 8.42. The van der Waals surface area contributed by atoms with Crippen molar-refractivity contribution in [3.05, 3.63) is 74.8 Å². The van der Waals surface area contributed by atoms with Crippen LogP contribution in [0, 0.1) is 13.8 Å². The Morgan fingerprint density at radius 2 is 1.89 bits per heavy atom. The molecule has 0 spiro atoms. The highest BCUT2D eigenvalue weighted by molar-refractivity contribution is 6.31. The maximum Gasteiger partial charge on any atom is 0.272 e. The van der Waals surface area contributed by atoms with Crippen LogP contribution in [0.25, 0.3) is 16.7 Å². The Balaban J connectivity index is 1.83. The number of hydrogen-bond acceptors (Lipinski definition) is 3. The SMILES string of the molecule is Cc1ccc(NC(=O)c2cc3c(=O)n4cccc(C)c4nc3n2C)cc1Cl. The minimum atomic E-state index is -0.333. The minimum absolute atomic E-state index is 0.202. The highest BCUT2D eigenvalue weighted by Crippen LogP contribution is 2.22. The van der Waals surface area contributed by atoms with Gasteiger partial charge in [-0.3, -0.25) is 14.0 Å². The predicted molar refractivity (Wildman–Crippen MR) is 107 cm³/mol. The van der Waals surface area contributed by atoms with Crippen LogP contribution in [0.15, 0.2) is 47.4 Å². The topological polar surface area (TPSA) is 68.4 Å². The summed E-state index contributed by atoms with van der Waals surface area (Å²) in [6, 6.07) is 10.6. The van der Waals surface area contributed by atoms with Crippen LogP contribution in [0.4, 0.5) is 5.69 Å². The van der Waals surface area contributed by atoms with Crippen LogP contribution in [-0.2, 0) is 7.05 Å². The van der Waals surface area contributed by atoms with Crippen LogP contribution in [-0.4, -0.2) is 19.9 Å². The maximum atomic E-state index is 12.8. The molecule has 0 aliphatic heterocycles. The molecule has 0 atom stereocenters. The number of pyridine rings is 1. The lowest BCUT2D eigenvalue weighted by molar-refractivity contribution is 0.101. The second-order valence-corrected chi connectivity index (χ2v) is 6.95. The zero-order chi connectivity index (χ0) is 19.3. The van der Waals surface area contributed by atoms with E-state index >= 15 is 0 Å². The molecule has 1 N–H and O–H groups in total. The molecule has 0 saturated carbocycles. The number of anilines is 1. The standard InChI is InChI=1S/C20H17ClN4O2/c1-11-6-7-13(9-15(11)21)22-19(26)16-10-14-18(24(16)3)23-17-12(2)5-4-8-25(17)20(14)27/h4-10H,1-3H3,(H,22,26). The van der Waals surface area contributed by atoms with Crippen molar-refractivity contribution in [3.8, 4) is 0 Å². The summed E-state index contributed by atoms with van der Waals surface area (Å²) >= 11 is 6.12. The summed E-state index contributed by atoms with van der Waals surface area (Å²) in [5, 5.41) is 3.79. The van der Waals surface area contributed by atoms with E-state index in [0.717, 1.165) is 11.1 Å². The van der Waals surface area contributed by atoms with Crippen molar-refractivity contribution < 1.29 is 4.79 Å². The summed E-state index contributed by atoms with van der Waals surface area (Å²) in [6.07, 6.45) is 1.68. The number of halogens is 1. The number of hydrogen-bond donors (Lipinski definition) is 1. The van der Waals surface area contributed by atoms with Crippen LogP contribution in [0.1, 0.15) is 21.6 Å². The number of amides is 1. The van der Waals surface area contributed by atoms with E-state index in [1.807, 2.05) is 26.0 Å². The van der Waals surface area contributed by atoms with Gasteiger partial charge in [-0.05, 0) is 49.2 Å². The molecule has 0 fully saturated rings. The smallest absolute Gasteiger partial charge is 0.272 e. The van der Waals surface area contributed by atoms with Crippen LogP contribution in [0.2, 0.25) is 5.02 Å². The normalized spacial score (nSPS) is 11.3. The Bertz CT molecular complexity index is 1290. The van der Waals surface area contributed by atoms with Crippen molar-refractivity contribution >= 4 is 39.9 Å². The molecule has 0 aliphatic carbocycles. The van der Waals surface area contributed by atoms with Gasteiger partial charge in [-0.15, -0.1) is 0 Å². The Hall–Kier alpha value is -3.12. The lowest BCUT2D eigenvalue weighted by Gasteiger charge is -2.08. The van der Waals surface area contributed by atoms with Crippen molar-refractivity contribution in [1.29, 1.82) is 0 Å². The monoisotopic (exact) mass is 380 g/mol. The van der Waals surface area contributed by atoms with Gasteiger partial charge < -0.3 is 9.88 Å². The number of nitrogens with one attached hydrogen (secondary N) is 1. The number of aromatic nitrogens is 3. The van der Waals surface area contributed by atoms with Crippen molar-refractivity contribution in [2.75, 3.05) is 5.32 Å². The third-order valence-corrected chi connectivity index (χ3v) is 5.09. The molecule has 1 amide bonds. The highest BCUT2D eigenvalue weighted by Gasteiger charge is 2.18. The molecule has 3 aromatic heterocycles. The molecule has 6 nitrogen and oxygen atoms in total. The second kappa shape index (κ2) is 6.25. The van der Waals surface area contributed by atoms with E-state index in [9.17, 15) is 9.59 Å². The zero-order valence-electron chi connectivity index (χ0n) is 15.1. The first-order chi connectivity index (χ1) is 12.9. The Morgan fingerprint density at radius 1 is 1.11 bits per heavy atom. The summed E-state index contributed by atoms with van der Waals surface area (Å²) in [5.74, 6) is -0.333. The lowest BCUT2D eigenvalue weighted by Crippen LogP contribution is -2.16. The third kappa shape index (κ3) is 2.78. The molecular weight excluding hydrogens is 364 g/mol. The minimum Gasteiger partial charge on any atom is -0.324 e. The van der Waals surface area contributed by atoms with E-state index < -0.39 is 0 Å². The molecule has 3 heterocycles. The molecule has 27 heavy (non-hydrogen) atoms. The number of aryl methyl sites for hydroxylation is 3. The average molecular weight is 381 g/mol.